The van der Waals surface area contributed by atoms with Crippen molar-refractivity contribution < 1.29 is 0 Å². The first-order chi connectivity index (χ1) is 9.33. The molecule has 4 heteroatoms. The average molecular weight is 256 g/mol. The van der Waals surface area contributed by atoms with Gasteiger partial charge < -0.3 is 10.3 Å². The maximum Gasteiger partial charge on any atom is 0.0945 e. The van der Waals surface area contributed by atoms with Gasteiger partial charge in [0, 0.05) is 44.3 Å². The lowest BCUT2D eigenvalue weighted by Crippen LogP contribution is -2.32. The number of aromatic nitrogens is 2. The molecule has 1 aliphatic heterocycles. The van der Waals surface area contributed by atoms with Crippen LogP contribution in [0.2, 0.25) is 0 Å². The lowest BCUT2D eigenvalue weighted by atomic mass is 9.98. The summed E-state index contributed by atoms with van der Waals surface area (Å²) < 4.78 is 2.13. The van der Waals surface area contributed by atoms with Crippen LogP contribution in [0.3, 0.4) is 0 Å². The van der Waals surface area contributed by atoms with Crippen molar-refractivity contribution in [1.82, 2.24) is 14.5 Å². The molecule has 0 spiro atoms. The molecule has 0 bridgehead atoms. The van der Waals surface area contributed by atoms with Gasteiger partial charge in [-0.1, -0.05) is 12.1 Å². The Morgan fingerprint density at radius 3 is 3.05 bits per heavy atom. The molecule has 0 atom stereocenters. The van der Waals surface area contributed by atoms with Crippen molar-refractivity contribution in [3.05, 3.63) is 48.0 Å². The van der Waals surface area contributed by atoms with Crippen LogP contribution in [0, 0.1) is 0 Å². The van der Waals surface area contributed by atoms with Crippen molar-refractivity contribution in [2.45, 2.75) is 25.9 Å². The lowest BCUT2D eigenvalue weighted by molar-refractivity contribution is 0.247. The Hall–Kier alpha value is -1.81. The van der Waals surface area contributed by atoms with E-state index < -0.39 is 0 Å². The third-order valence-corrected chi connectivity index (χ3v) is 3.83. The van der Waals surface area contributed by atoms with Gasteiger partial charge in [-0.05, 0) is 30.0 Å². The number of anilines is 1. The molecule has 1 aromatic heterocycles. The second kappa shape index (κ2) is 5.45. The molecule has 0 unspecified atom stereocenters. The highest BCUT2D eigenvalue weighted by Gasteiger charge is 2.17. The maximum atomic E-state index is 6.02. The number of rotatable bonds is 4. The van der Waals surface area contributed by atoms with Crippen molar-refractivity contribution in [2.75, 3.05) is 18.8 Å². The molecular weight excluding hydrogens is 236 g/mol. The topological polar surface area (TPSA) is 47.1 Å². The molecule has 0 saturated heterocycles. The Balaban J connectivity index is 1.54. The maximum absolute atomic E-state index is 6.02. The van der Waals surface area contributed by atoms with Crippen molar-refractivity contribution in [2.24, 2.45) is 0 Å². The fourth-order valence-corrected chi connectivity index (χ4v) is 2.78. The first kappa shape index (κ1) is 12.2. The van der Waals surface area contributed by atoms with Crippen LogP contribution < -0.4 is 5.73 Å². The van der Waals surface area contributed by atoms with Gasteiger partial charge in [-0.2, -0.15) is 0 Å². The van der Waals surface area contributed by atoms with Gasteiger partial charge in [0.25, 0.3) is 0 Å². The Morgan fingerprint density at radius 1 is 1.26 bits per heavy atom. The van der Waals surface area contributed by atoms with Crippen LogP contribution in [0.4, 0.5) is 5.69 Å². The second-order valence-electron chi connectivity index (χ2n) is 5.17. The van der Waals surface area contributed by atoms with E-state index in [2.05, 4.69) is 26.6 Å². The summed E-state index contributed by atoms with van der Waals surface area (Å²) in [5.41, 5.74) is 9.73. The number of fused-ring (bicyclic) bond motifs is 1. The van der Waals surface area contributed by atoms with Crippen molar-refractivity contribution in [3.63, 3.8) is 0 Å². The van der Waals surface area contributed by atoms with Gasteiger partial charge in [0.2, 0.25) is 0 Å². The predicted molar refractivity (Wildman–Crippen MR) is 76.7 cm³/mol. The molecular formula is C15H20N4. The van der Waals surface area contributed by atoms with E-state index in [1.165, 1.54) is 11.1 Å². The first-order valence-corrected chi connectivity index (χ1v) is 6.87. The highest BCUT2D eigenvalue weighted by atomic mass is 15.1. The normalized spacial score (nSPS) is 15.4. The van der Waals surface area contributed by atoms with Gasteiger partial charge >= 0.3 is 0 Å². The largest absolute Gasteiger partial charge is 0.398 e. The molecule has 2 aromatic rings. The van der Waals surface area contributed by atoms with E-state index in [9.17, 15) is 0 Å². The Morgan fingerprint density at radius 2 is 2.21 bits per heavy atom. The van der Waals surface area contributed by atoms with E-state index in [1.807, 2.05) is 24.8 Å². The second-order valence-corrected chi connectivity index (χ2v) is 5.17. The number of nitrogens with zero attached hydrogens (tertiary/aromatic N) is 3. The number of nitrogen functional groups attached to an aromatic ring is 1. The summed E-state index contributed by atoms with van der Waals surface area (Å²) >= 11 is 0. The van der Waals surface area contributed by atoms with E-state index in [4.69, 9.17) is 5.73 Å². The lowest BCUT2D eigenvalue weighted by Gasteiger charge is -2.29. The van der Waals surface area contributed by atoms with E-state index in [1.54, 1.807) is 0 Å². The van der Waals surface area contributed by atoms with Crippen molar-refractivity contribution in [3.8, 4) is 0 Å². The quantitative estimate of drug-likeness (QED) is 0.850. The Bertz CT molecular complexity index is 533. The van der Waals surface area contributed by atoms with Crippen molar-refractivity contribution in [1.29, 1.82) is 0 Å². The van der Waals surface area contributed by atoms with E-state index in [-0.39, 0.29) is 0 Å². The standard InChI is InChI=1S/C15H20N4/c16-15-4-1-3-13-11-18(9-5-14(13)15)7-2-8-19-10-6-17-12-19/h1,3-4,6,10,12H,2,5,7-9,11,16H2. The molecule has 100 valence electrons. The van der Waals surface area contributed by atoms with Gasteiger partial charge in [0.1, 0.15) is 0 Å². The predicted octanol–water partition coefficient (Wildman–Crippen LogP) is 1.91. The number of nitrogens with two attached hydrogens (primary N) is 1. The minimum absolute atomic E-state index is 0.954. The Kier molecular flexibility index (Phi) is 3.51. The molecule has 2 heterocycles. The summed E-state index contributed by atoms with van der Waals surface area (Å²) in [6.45, 7) is 4.32. The summed E-state index contributed by atoms with van der Waals surface area (Å²) in [5, 5.41) is 0. The average Bonchev–Trinajstić information content (AvgIpc) is 2.92. The smallest absolute Gasteiger partial charge is 0.0945 e. The molecule has 1 aliphatic rings. The molecule has 0 aliphatic carbocycles. The number of hydrogen-bond donors (Lipinski definition) is 1. The van der Waals surface area contributed by atoms with Crippen LogP contribution in [0.25, 0.3) is 0 Å². The summed E-state index contributed by atoms with van der Waals surface area (Å²) in [6, 6.07) is 6.27. The highest BCUT2D eigenvalue weighted by Crippen LogP contribution is 2.23. The number of benzene rings is 1. The number of imidazole rings is 1. The van der Waals surface area contributed by atoms with Gasteiger partial charge in [-0.15, -0.1) is 0 Å². The summed E-state index contributed by atoms with van der Waals surface area (Å²) in [4.78, 5) is 6.58. The van der Waals surface area contributed by atoms with Crippen molar-refractivity contribution >= 4 is 5.69 Å². The minimum atomic E-state index is 0.954. The molecule has 4 nitrogen and oxygen atoms in total. The summed E-state index contributed by atoms with van der Waals surface area (Å²) in [6.07, 6.45) is 7.97. The van der Waals surface area contributed by atoms with Crippen LogP contribution in [-0.4, -0.2) is 27.5 Å². The van der Waals surface area contributed by atoms with Gasteiger partial charge in [0.05, 0.1) is 6.33 Å². The number of aryl methyl sites for hydroxylation is 1. The molecule has 19 heavy (non-hydrogen) atoms. The zero-order valence-electron chi connectivity index (χ0n) is 11.1. The van der Waals surface area contributed by atoms with E-state index in [0.717, 1.165) is 44.7 Å². The molecule has 3 rings (SSSR count). The van der Waals surface area contributed by atoms with E-state index in [0.29, 0.717) is 0 Å². The fraction of sp³-hybridized carbons (Fsp3) is 0.400. The molecule has 0 radical (unpaired) electrons. The molecule has 1 aromatic carbocycles. The van der Waals surface area contributed by atoms with E-state index >= 15 is 0 Å². The van der Waals surface area contributed by atoms with Crippen LogP contribution >= 0.6 is 0 Å². The molecule has 0 fully saturated rings. The zero-order chi connectivity index (χ0) is 13.1. The van der Waals surface area contributed by atoms with Gasteiger partial charge in [-0.25, -0.2) is 4.98 Å². The van der Waals surface area contributed by atoms with Crippen LogP contribution in [0.1, 0.15) is 17.5 Å². The third kappa shape index (κ3) is 2.79. The first-order valence-electron chi connectivity index (χ1n) is 6.87. The van der Waals surface area contributed by atoms with Crippen LogP contribution in [0.5, 0.6) is 0 Å². The summed E-state index contributed by atoms with van der Waals surface area (Å²) in [7, 11) is 0. The van der Waals surface area contributed by atoms with Crippen LogP contribution in [-0.2, 0) is 19.5 Å². The third-order valence-electron chi connectivity index (χ3n) is 3.83. The zero-order valence-corrected chi connectivity index (χ0v) is 11.1. The summed E-state index contributed by atoms with van der Waals surface area (Å²) in [5.74, 6) is 0. The molecule has 0 saturated carbocycles. The monoisotopic (exact) mass is 256 g/mol. The highest BCUT2D eigenvalue weighted by molar-refractivity contribution is 5.51. The number of hydrogen-bond acceptors (Lipinski definition) is 3. The molecule has 2 N–H and O–H groups in total. The minimum Gasteiger partial charge on any atom is -0.398 e. The van der Waals surface area contributed by atoms with Gasteiger partial charge in [0.15, 0.2) is 0 Å². The fourth-order valence-electron chi connectivity index (χ4n) is 2.78. The van der Waals surface area contributed by atoms with Gasteiger partial charge in [-0.3, -0.25) is 4.90 Å². The van der Waals surface area contributed by atoms with Crippen LogP contribution in [0.15, 0.2) is 36.9 Å². The molecule has 0 amide bonds. The Labute approximate surface area is 113 Å². The SMILES string of the molecule is Nc1cccc2c1CCN(CCCn1ccnc1)C2.